The minimum absolute atomic E-state index is 0.351. The Balaban J connectivity index is 2.02. The summed E-state index contributed by atoms with van der Waals surface area (Å²) in [5, 5.41) is 7.00. The molecule has 3 nitrogen and oxygen atoms in total. The number of fused-ring (bicyclic) bond motifs is 2. The van der Waals surface area contributed by atoms with E-state index in [1.54, 1.807) is 11.3 Å². The fraction of sp³-hybridized carbons (Fsp3) is 0.267. The van der Waals surface area contributed by atoms with Gasteiger partial charge in [0.15, 0.2) is 0 Å². The van der Waals surface area contributed by atoms with Gasteiger partial charge in [0.2, 0.25) is 0 Å². The lowest BCUT2D eigenvalue weighted by Gasteiger charge is -2.03. The molecular formula is C15H16FN3S. The maximum atomic E-state index is 12.1. The van der Waals surface area contributed by atoms with Crippen LogP contribution in [0.4, 0.5) is 4.39 Å². The summed E-state index contributed by atoms with van der Waals surface area (Å²) in [6, 6.07) is 8.11. The van der Waals surface area contributed by atoms with Crippen LogP contribution >= 0.6 is 11.3 Å². The number of halogens is 1. The molecule has 3 N–H and O–H groups in total. The molecule has 5 heteroatoms. The third-order valence-corrected chi connectivity index (χ3v) is 4.29. The molecule has 1 aromatic heterocycles. The third-order valence-electron chi connectivity index (χ3n) is 3.38. The van der Waals surface area contributed by atoms with Crippen LogP contribution in [0.2, 0.25) is 0 Å². The van der Waals surface area contributed by atoms with Crippen molar-refractivity contribution in [2.45, 2.75) is 13.1 Å². The maximum absolute atomic E-state index is 12.1. The first kappa shape index (κ1) is 13.3. The topological polar surface area (TPSA) is 50.4 Å². The molecule has 0 atom stereocenters. The zero-order valence-electron chi connectivity index (χ0n) is 11.0. The van der Waals surface area contributed by atoms with Gasteiger partial charge in [-0.2, -0.15) is 0 Å². The van der Waals surface area contributed by atoms with E-state index < -0.39 is 0 Å². The second-order valence-electron chi connectivity index (χ2n) is 4.70. The molecule has 0 aliphatic carbocycles. The van der Waals surface area contributed by atoms with E-state index in [2.05, 4.69) is 16.4 Å². The highest BCUT2D eigenvalue weighted by molar-refractivity contribution is 7.10. The Bertz CT molecular complexity index is 736. The van der Waals surface area contributed by atoms with Gasteiger partial charge in [-0.15, -0.1) is 11.3 Å². The summed E-state index contributed by atoms with van der Waals surface area (Å²) < 4.78 is 12.1. The Morgan fingerprint density at radius 1 is 1.35 bits per heavy atom. The summed E-state index contributed by atoms with van der Waals surface area (Å²) in [6.45, 7) is 1.34. The second-order valence-corrected chi connectivity index (χ2v) is 5.71. The highest BCUT2D eigenvalue weighted by atomic mass is 32.1. The van der Waals surface area contributed by atoms with Crippen molar-refractivity contribution in [3.8, 4) is 0 Å². The molecule has 0 unspecified atom stereocenters. The number of hydrogen-bond donors (Lipinski definition) is 2. The second kappa shape index (κ2) is 5.73. The lowest BCUT2D eigenvalue weighted by Crippen LogP contribution is -2.30. The lowest BCUT2D eigenvalue weighted by molar-refractivity contribution is 0.467. The molecule has 0 bridgehead atoms. The number of thiophene rings is 1. The molecule has 0 amide bonds. The van der Waals surface area contributed by atoms with Gasteiger partial charge in [-0.25, -0.2) is 4.39 Å². The van der Waals surface area contributed by atoms with Gasteiger partial charge in [-0.3, -0.25) is 4.99 Å². The summed E-state index contributed by atoms with van der Waals surface area (Å²) >= 11 is 1.69. The first-order valence-corrected chi connectivity index (χ1v) is 7.44. The number of rotatable bonds is 4. The van der Waals surface area contributed by atoms with Crippen LogP contribution in [-0.4, -0.2) is 13.2 Å². The van der Waals surface area contributed by atoms with E-state index in [1.807, 2.05) is 23.6 Å². The molecule has 1 aliphatic heterocycles. The minimum atomic E-state index is -0.351. The quantitative estimate of drug-likeness (QED) is 0.827. The summed E-state index contributed by atoms with van der Waals surface area (Å²) in [5.74, 6) is 0. The number of alkyl halides is 1. The van der Waals surface area contributed by atoms with Crippen LogP contribution in [0, 0.1) is 0 Å². The molecule has 1 aromatic carbocycles. The zero-order chi connectivity index (χ0) is 13.9. The van der Waals surface area contributed by atoms with Crippen molar-refractivity contribution >= 4 is 17.0 Å². The van der Waals surface area contributed by atoms with Crippen LogP contribution in [-0.2, 0) is 13.1 Å². The molecule has 1 aliphatic rings. The van der Waals surface area contributed by atoms with Gasteiger partial charge < -0.3 is 11.1 Å². The average Bonchev–Trinajstić information content (AvgIpc) is 2.89. The molecule has 3 rings (SSSR count). The third kappa shape index (κ3) is 2.46. The van der Waals surface area contributed by atoms with Crippen molar-refractivity contribution in [1.29, 1.82) is 0 Å². The zero-order valence-corrected chi connectivity index (χ0v) is 11.8. The fourth-order valence-electron chi connectivity index (χ4n) is 2.35. The Hall–Kier alpha value is -1.72. The Morgan fingerprint density at radius 2 is 2.25 bits per heavy atom. The SMILES string of the molecule is NC1=c2ccc(CNCCF)cc2=NCc2sccc21. The van der Waals surface area contributed by atoms with Gasteiger partial charge in [0, 0.05) is 34.4 Å². The molecular weight excluding hydrogens is 273 g/mol. The van der Waals surface area contributed by atoms with Crippen molar-refractivity contribution in [3.63, 3.8) is 0 Å². The lowest BCUT2D eigenvalue weighted by atomic mass is 10.1. The van der Waals surface area contributed by atoms with Crippen LogP contribution in [0.15, 0.2) is 34.6 Å². The minimum Gasteiger partial charge on any atom is -0.398 e. The monoisotopic (exact) mass is 289 g/mol. The predicted molar refractivity (Wildman–Crippen MR) is 79.6 cm³/mol. The van der Waals surface area contributed by atoms with Gasteiger partial charge >= 0.3 is 0 Å². The maximum Gasteiger partial charge on any atom is 0.102 e. The van der Waals surface area contributed by atoms with Crippen LogP contribution in [0.3, 0.4) is 0 Å². The van der Waals surface area contributed by atoms with Crippen LogP contribution < -0.4 is 21.6 Å². The summed E-state index contributed by atoms with van der Waals surface area (Å²) in [4.78, 5) is 5.85. The largest absolute Gasteiger partial charge is 0.398 e. The average molecular weight is 289 g/mol. The van der Waals surface area contributed by atoms with E-state index in [4.69, 9.17) is 5.73 Å². The van der Waals surface area contributed by atoms with Crippen LogP contribution in [0.5, 0.6) is 0 Å². The molecule has 0 saturated heterocycles. The number of nitrogens with zero attached hydrogens (tertiary/aromatic N) is 1. The van der Waals surface area contributed by atoms with E-state index in [0.717, 1.165) is 27.4 Å². The predicted octanol–water partition coefficient (Wildman–Crippen LogP) is 1.06. The molecule has 2 aromatic rings. The number of hydrogen-bond acceptors (Lipinski definition) is 4. The summed E-state index contributed by atoms with van der Waals surface area (Å²) in [7, 11) is 0. The highest BCUT2D eigenvalue weighted by Crippen LogP contribution is 2.21. The molecule has 0 spiro atoms. The fourth-order valence-corrected chi connectivity index (χ4v) is 3.16. The van der Waals surface area contributed by atoms with Crippen molar-refractivity contribution in [3.05, 3.63) is 56.2 Å². The van der Waals surface area contributed by atoms with Crippen molar-refractivity contribution < 1.29 is 4.39 Å². The first-order valence-electron chi connectivity index (χ1n) is 6.56. The van der Waals surface area contributed by atoms with Gasteiger partial charge in [-0.1, -0.05) is 12.1 Å². The molecule has 20 heavy (non-hydrogen) atoms. The number of nitrogens with one attached hydrogen (secondary N) is 1. The summed E-state index contributed by atoms with van der Waals surface area (Å²) in [6.07, 6.45) is 0. The van der Waals surface area contributed by atoms with E-state index in [-0.39, 0.29) is 6.67 Å². The molecule has 2 heterocycles. The number of benzene rings is 1. The van der Waals surface area contributed by atoms with Gasteiger partial charge in [-0.05, 0) is 23.1 Å². The standard InChI is InChI=1S/C15H16FN3S/c16-4-5-18-8-10-1-2-11-13(7-10)19-9-14-12(15(11)17)3-6-20-14/h1-3,6-7,18H,4-5,8-9,17H2. The molecule has 0 radical (unpaired) electrons. The Kier molecular flexibility index (Phi) is 3.80. The van der Waals surface area contributed by atoms with Gasteiger partial charge in [0.1, 0.15) is 6.67 Å². The first-order chi connectivity index (χ1) is 9.79. The van der Waals surface area contributed by atoms with Crippen molar-refractivity contribution in [2.24, 2.45) is 10.7 Å². The van der Waals surface area contributed by atoms with Gasteiger partial charge in [0.25, 0.3) is 0 Å². The smallest absolute Gasteiger partial charge is 0.102 e. The van der Waals surface area contributed by atoms with Crippen LogP contribution in [0.25, 0.3) is 5.70 Å². The Morgan fingerprint density at radius 3 is 3.10 bits per heavy atom. The van der Waals surface area contributed by atoms with Gasteiger partial charge in [0.05, 0.1) is 11.9 Å². The van der Waals surface area contributed by atoms with E-state index in [1.165, 1.54) is 4.88 Å². The molecule has 0 fully saturated rings. The van der Waals surface area contributed by atoms with Crippen LogP contribution in [0.1, 0.15) is 16.0 Å². The van der Waals surface area contributed by atoms with E-state index >= 15 is 0 Å². The molecule has 0 saturated carbocycles. The number of nitrogens with two attached hydrogens (primary N) is 1. The molecule has 104 valence electrons. The van der Waals surface area contributed by atoms with Crippen molar-refractivity contribution in [1.82, 2.24) is 5.32 Å². The van der Waals surface area contributed by atoms with E-state index in [0.29, 0.717) is 19.6 Å². The highest BCUT2D eigenvalue weighted by Gasteiger charge is 2.11. The Labute approximate surface area is 120 Å². The van der Waals surface area contributed by atoms with E-state index in [9.17, 15) is 4.39 Å². The normalized spacial score (nSPS) is 13.3. The summed E-state index contributed by atoms with van der Waals surface area (Å²) in [5.41, 5.74) is 9.26. The van der Waals surface area contributed by atoms with Crippen molar-refractivity contribution in [2.75, 3.05) is 13.2 Å².